The van der Waals surface area contributed by atoms with Gasteiger partial charge in [0.2, 0.25) is 11.8 Å². The lowest BCUT2D eigenvalue weighted by atomic mass is 9.85. The van der Waals surface area contributed by atoms with Crippen molar-refractivity contribution in [1.82, 2.24) is 4.90 Å². The molecular weight excluding hydrogens is 282 g/mol. The van der Waals surface area contributed by atoms with Crippen molar-refractivity contribution in [2.45, 2.75) is 12.8 Å². The predicted octanol–water partition coefficient (Wildman–Crippen LogP) is 1.83. The SMILES string of the molecule is COc1ccccc1C(=O)CN1C(=O)[C@H]2CC=CC[C@@H]2C1=O. The third-order valence-electron chi connectivity index (χ3n) is 4.31. The number of fused-ring (bicyclic) bond motifs is 1. The van der Waals surface area contributed by atoms with Crippen molar-refractivity contribution in [2.75, 3.05) is 13.7 Å². The Labute approximate surface area is 128 Å². The molecule has 0 bridgehead atoms. The summed E-state index contributed by atoms with van der Waals surface area (Å²) in [6.07, 6.45) is 5.01. The second-order valence-corrected chi connectivity index (χ2v) is 5.54. The minimum atomic E-state index is -0.303. The van der Waals surface area contributed by atoms with E-state index in [9.17, 15) is 14.4 Å². The van der Waals surface area contributed by atoms with Gasteiger partial charge in [-0.3, -0.25) is 19.3 Å². The van der Waals surface area contributed by atoms with Gasteiger partial charge in [0, 0.05) is 0 Å². The molecule has 1 saturated heterocycles. The molecule has 0 aromatic heterocycles. The minimum absolute atomic E-state index is 0.217. The molecule has 3 rings (SSSR count). The molecule has 114 valence electrons. The quantitative estimate of drug-likeness (QED) is 0.483. The van der Waals surface area contributed by atoms with Gasteiger partial charge in [-0.15, -0.1) is 0 Å². The van der Waals surface area contributed by atoms with Gasteiger partial charge in [-0.1, -0.05) is 24.3 Å². The van der Waals surface area contributed by atoms with Gasteiger partial charge in [0.1, 0.15) is 5.75 Å². The molecule has 0 unspecified atom stereocenters. The van der Waals surface area contributed by atoms with Gasteiger partial charge in [-0.2, -0.15) is 0 Å². The van der Waals surface area contributed by atoms with Gasteiger partial charge in [0.25, 0.3) is 0 Å². The summed E-state index contributed by atoms with van der Waals surface area (Å²) in [5, 5.41) is 0. The Morgan fingerprint density at radius 2 is 1.73 bits per heavy atom. The summed E-state index contributed by atoms with van der Waals surface area (Å²) in [5.41, 5.74) is 0.388. The van der Waals surface area contributed by atoms with E-state index in [1.807, 2.05) is 12.2 Å². The van der Waals surface area contributed by atoms with Gasteiger partial charge < -0.3 is 4.74 Å². The van der Waals surface area contributed by atoms with Crippen LogP contribution in [0.15, 0.2) is 36.4 Å². The van der Waals surface area contributed by atoms with E-state index in [0.29, 0.717) is 24.2 Å². The third kappa shape index (κ3) is 2.32. The van der Waals surface area contributed by atoms with Crippen LogP contribution in [-0.2, 0) is 9.59 Å². The smallest absolute Gasteiger partial charge is 0.233 e. The highest BCUT2D eigenvalue weighted by atomic mass is 16.5. The highest BCUT2D eigenvalue weighted by Crippen LogP contribution is 2.35. The maximum absolute atomic E-state index is 12.4. The van der Waals surface area contributed by atoms with Crippen LogP contribution in [0, 0.1) is 11.8 Å². The van der Waals surface area contributed by atoms with Crippen LogP contribution >= 0.6 is 0 Å². The Balaban J connectivity index is 1.80. The largest absolute Gasteiger partial charge is 0.496 e. The number of benzene rings is 1. The number of imide groups is 1. The van der Waals surface area contributed by atoms with Gasteiger partial charge in [0.15, 0.2) is 5.78 Å². The van der Waals surface area contributed by atoms with Crippen LogP contribution in [0.5, 0.6) is 5.75 Å². The van der Waals surface area contributed by atoms with E-state index >= 15 is 0 Å². The van der Waals surface area contributed by atoms with Gasteiger partial charge >= 0.3 is 0 Å². The number of Topliss-reactive ketones (excluding diaryl/α,β-unsaturated/α-hetero) is 1. The van der Waals surface area contributed by atoms with Crippen LogP contribution in [0.3, 0.4) is 0 Å². The molecule has 0 spiro atoms. The number of amides is 2. The summed E-state index contributed by atoms with van der Waals surface area (Å²) in [5.74, 6) is -0.910. The maximum atomic E-state index is 12.4. The van der Waals surface area contributed by atoms with E-state index in [4.69, 9.17) is 4.74 Å². The van der Waals surface area contributed by atoms with Crippen molar-refractivity contribution in [2.24, 2.45) is 11.8 Å². The second-order valence-electron chi connectivity index (χ2n) is 5.54. The molecule has 1 heterocycles. The van der Waals surface area contributed by atoms with E-state index in [1.165, 1.54) is 7.11 Å². The van der Waals surface area contributed by atoms with E-state index in [1.54, 1.807) is 24.3 Å². The third-order valence-corrected chi connectivity index (χ3v) is 4.31. The molecule has 1 aliphatic heterocycles. The number of carbonyl (C=O) groups excluding carboxylic acids is 3. The average molecular weight is 299 g/mol. The van der Waals surface area contributed by atoms with E-state index in [0.717, 1.165) is 4.90 Å². The number of hydrogen-bond donors (Lipinski definition) is 0. The number of ketones is 1. The number of rotatable bonds is 4. The van der Waals surface area contributed by atoms with Gasteiger partial charge in [-0.25, -0.2) is 0 Å². The molecule has 1 fully saturated rings. The Hall–Kier alpha value is -2.43. The lowest BCUT2D eigenvalue weighted by molar-refractivity contribution is -0.139. The Morgan fingerprint density at radius 3 is 2.32 bits per heavy atom. The minimum Gasteiger partial charge on any atom is -0.496 e. The topological polar surface area (TPSA) is 63.7 Å². The Kier molecular flexibility index (Phi) is 3.79. The van der Waals surface area contributed by atoms with Crippen LogP contribution in [0.1, 0.15) is 23.2 Å². The number of allylic oxidation sites excluding steroid dienone is 2. The van der Waals surface area contributed by atoms with Crippen molar-refractivity contribution in [3.63, 3.8) is 0 Å². The van der Waals surface area contributed by atoms with Crippen molar-refractivity contribution < 1.29 is 19.1 Å². The van der Waals surface area contributed by atoms with Crippen LogP contribution in [0.25, 0.3) is 0 Å². The lowest BCUT2D eigenvalue weighted by Crippen LogP contribution is -2.36. The number of methoxy groups -OCH3 is 1. The van der Waals surface area contributed by atoms with Crippen molar-refractivity contribution in [3.05, 3.63) is 42.0 Å². The average Bonchev–Trinajstić information content (AvgIpc) is 2.80. The summed E-state index contributed by atoms with van der Waals surface area (Å²) in [6, 6.07) is 6.82. The van der Waals surface area contributed by atoms with E-state index < -0.39 is 0 Å². The first-order valence-electron chi connectivity index (χ1n) is 7.30. The van der Waals surface area contributed by atoms with Crippen LogP contribution in [-0.4, -0.2) is 36.2 Å². The molecule has 2 aliphatic rings. The first-order valence-corrected chi connectivity index (χ1v) is 7.30. The fourth-order valence-electron chi connectivity index (χ4n) is 3.13. The Morgan fingerprint density at radius 1 is 1.14 bits per heavy atom. The molecule has 1 aromatic carbocycles. The van der Waals surface area contributed by atoms with Crippen LogP contribution < -0.4 is 4.74 Å². The number of hydrogen-bond acceptors (Lipinski definition) is 4. The molecular formula is C17H17NO4. The number of para-hydroxylation sites is 1. The van der Waals surface area contributed by atoms with Gasteiger partial charge in [0.05, 0.1) is 31.1 Å². The normalized spacial score (nSPS) is 23.6. The molecule has 1 aromatic rings. The summed E-state index contributed by atoms with van der Waals surface area (Å²) in [7, 11) is 1.48. The molecule has 0 saturated carbocycles. The van der Waals surface area contributed by atoms with Crippen molar-refractivity contribution >= 4 is 17.6 Å². The van der Waals surface area contributed by atoms with Crippen molar-refractivity contribution in [1.29, 1.82) is 0 Å². The first-order chi connectivity index (χ1) is 10.6. The fraction of sp³-hybridized carbons (Fsp3) is 0.353. The van der Waals surface area contributed by atoms with E-state index in [2.05, 4.69) is 0 Å². The summed E-state index contributed by atoms with van der Waals surface area (Å²) in [6.45, 7) is -0.217. The highest BCUT2D eigenvalue weighted by Gasteiger charge is 2.47. The summed E-state index contributed by atoms with van der Waals surface area (Å²) >= 11 is 0. The molecule has 5 nitrogen and oxygen atoms in total. The zero-order valence-electron chi connectivity index (χ0n) is 12.3. The molecule has 5 heteroatoms. The molecule has 2 atom stereocenters. The highest BCUT2D eigenvalue weighted by molar-refractivity contribution is 6.10. The molecule has 2 amide bonds. The van der Waals surface area contributed by atoms with Crippen LogP contribution in [0.2, 0.25) is 0 Å². The number of ether oxygens (including phenoxy) is 1. The lowest BCUT2D eigenvalue weighted by Gasteiger charge is -2.15. The second kappa shape index (κ2) is 5.75. The predicted molar refractivity (Wildman–Crippen MR) is 79.4 cm³/mol. The number of likely N-dealkylation sites (tertiary alicyclic amines) is 1. The first kappa shape index (κ1) is 14.5. The molecule has 0 radical (unpaired) electrons. The zero-order chi connectivity index (χ0) is 15.7. The van der Waals surface area contributed by atoms with Crippen molar-refractivity contribution in [3.8, 4) is 5.75 Å². The van der Waals surface area contributed by atoms with Crippen LogP contribution in [0.4, 0.5) is 0 Å². The number of nitrogens with zero attached hydrogens (tertiary/aromatic N) is 1. The summed E-state index contributed by atoms with van der Waals surface area (Å²) in [4.78, 5) is 38.3. The fourth-order valence-corrected chi connectivity index (χ4v) is 3.13. The molecule has 1 aliphatic carbocycles. The monoisotopic (exact) mass is 299 g/mol. The van der Waals surface area contributed by atoms with E-state index in [-0.39, 0.29) is 36.0 Å². The summed E-state index contributed by atoms with van der Waals surface area (Å²) < 4.78 is 5.16. The van der Waals surface area contributed by atoms with Gasteiger partial charge in [-0.05, 0) is 25.0 Å². The number of carbonyl (C=O) groups is 3. The molecule has 0 N–H and O–H groups in total. The standard InChI is InChI=1S/C17H17NO4/c1-22-15-9-5-4-8-13(15)14(19)10-18-16(20)11-6-2-3-7-12(11)17(18)21/h2-5,8-9,11-12H,6-7,10H2,1H3/t11-,12-/m0/s1. The zero-order valence-corrected chi connectivity index (χ0v) is 12.3. The molecule has 22 heavy (non-hydrogen) atoms. The Bertz CT molecular complexity index is 638. The maximum Gasteiger partial charge on any atom is 0.233 e.